The van der Waals surface area contributed by atoms with E-state index in [0.717, 1.165) is 10.0 Å². The molecule has 0 aliphatic carbocycles. The summed E-state index contributed by atoms with van der Waals surface area (Å²) in [6.45, 7) is 0.325. The molecule has 3 rings (SSSR count). The van der Waals surface area contributed by atoms with E-state index in [0.29, 0.717) is 23.5 Å². The first-order valence-corrected chi connectivity index (χ1v) is 8.25. The van der Waals surface area contributed by atoms with Crippen LogP contribution in [0, 0.1) is 5.82 Å². The van der Waals surface area contributed by atoms with Gasteiger partial charge in [-0.1, -0.05) is 40.2 Å². The van der Waals surface area contributed by atoms with E-state index in [4.69, 9.17) is 10.5 Å². The van der Waals surface area contributed by atoms with Gasteiger partial charge < -0.3 is 10.5 Å². The maximum absolute atomic E-state index is 13.2. The Labute approximate surface area is 152 Å². The van der Waals surface area contributed by atoms with E-state index in [1.165, 1.54) is 18.3 Å². The highest BCUT2D eigenvalue weighted by atomic mass is 79.9. The summed E-state index contributed by atoms with van der Waals surface area (Å²) in [5, 5.41) is 0. The van der Waals surface area contributed by atoms with Gasteiger partial charge >= 0.3 is 0 Å². The van der Waals surface area contributed by atoms with Crippen molar-refractivity contribution in [3.8, 4) is 16.9 Å². The fourth-order valence-electron chi connectivity index (χ4n) is 2.34. The van der Waals surface area contributed by atoms with Crippen LogP contribution in [0.5, 0.6) is 5.75 Å². The van der Waals surface area contributed by atoms with Crippen molar-refractivity contribution in [3.63, 3.8) is 0 Å². The summed E-state index contributed by atoms with van der Waals surface area (Å²) in [6, 6.07) is 15.2. The van der Waals surface area contributed by atoms with Crippen LogP contribution >= 0.6 is 15.9 Å². The summed E-state index contributed by atoms with van der Waals surface area (Å²) >= 11 is 3.42. The molecule has 0 spiro atoms. The molecule has 0 saturated carbocycles. The van der Waals surface area contributed by atoms with Crippen LogP contribution in [0.2, 0.25) is 0 Å². The number of ether oxygens (including phenoxy) is 1. The average molecular weight is 401 g/mol. The summed E-state index contributed by atoms with van der Waals surface area (Å²) in [4.78, 5) is 15.4. The molecule has 0 unspecified atom stereocenters. The Morgan fingerprint density at radius 2 is 1.92 bits per heavy atom. The lowest BCUT2D eigenvalue weighted by Gasteiger charge is -2.12. The maximum Gasteiger partial charge on any atom is 0.267 e. The average Bonchev–Trinajstić information content (AvgIpc) is 2.60. The Balaban J connectivity index is 1.94. The molecule has 0 bridgehead atoms. The minimum absolute atomic E-state index is 0.120. The number of hydrogen-bond acceptors (Lipinski definition) is 3. The van der Waals surface area contributed by atoms with E-state index >= 15 is 0 Å². The van der Waals surface area contributed by atoms with Gasteiger partial charge in [0.2, 0.25) is 0 Å². The Kier molecular flexibility index (Phi) is 5.09. The number of carbonyl (C=O) groups is 1. The number of pyridine rings is 1. The fourth-order valence-corrected chi connectivity index (χ4v) is 2.78. The van der Waals surface area contributed by atoms with Crippen LogP contribution in [-0.4, -0.2) is 10.9 Å². The number of hydrogen-bond donors (Lipinski definition) is 1. The van der Waals surface area contributed by atoms with Crippen molar-refractivity contribution in [2.24, 2.45) is 5.73 Å². The first-order valence-electron chi connectivity index (χ1n) is 7.46. The van der Waals surface area contributed by atoms with Crippen molar-refractivity contribution >= 4 is 21.8 Å². The van der Waals surface area contributed by atoms with Gasteiger partial charge in [0.05, 0.1) is 6.20 Å². The molecule has 2 aromatic carbocycles. The number of halogens is 2. The van der Waals surface area contributed by atoms with Gasteiger partial charge in [0.25, 0.3) is 5.91 Å². The van der Waals surface area contributed by atoms with Crippen LogP contribution in [0.4, 0.5) is 4.39 Å². The lowest BCUT2D eigenvalue weighted by molar-refractivity contribution is 0.0995. The third-order valence-electron chi connectivity index (χ3n) is 3.56. The van der Waals surface area contributed by atoms with Gasteiger partial charge in [-0.3, -0.25) is 4.79 Å². The van der Waals surface area contributed by atoms with Crippen molar-refractivity contribution < 1.29 is 13.9 Å². The summed E-state index contributed by atoms with van der Waals surface area (Å²) < 4.78 is 20.0. The molecule has 6 heteroatoms. The van der Waals surface area contributed by atoms with E-state index in [1.807, 2.05) is 24.3 Å². The van der Waals surface area contributed by atoms with Gasteiger partial charge in [-0.2, -0.15) is 0 Å². The molecule has 1 aromatic heterocycles. The smallest absolute Gasteiger partial charge is 0.267 e. The fraction of sp³-hybridized carbons (Fsp3) is 0.0526. The van der Waals surface area contributed by atoms with Crippen LogP contribution in [0.3, 0.4) is 0 Å². The number of carbonyl (C=O) groups excluding carboxylic acids is 1. The number of rotatable bonds is 5. The van der Waals surface area contributed by atoms with Gasteiger partial charge in [-0.25, -0.2) is 9.37 Å². The molecule has 126 valence electrons. The predicted molar refractivity (Wildman–Crippen MR) is 96.6 cm³/mol. The molecule has 3 aromatic rings. The minimum atomic E-state index is -0.637. The molecule has 0 aliphatic heterocycles. The first-order chi connectivity index (χ1) is 12.0. The Hall–Kier alpha value is -2.73. The summed E-state index contributed by atoms with van der Waals surface area (Å²) in [6.07, 6.45) is 1.46. The molecular formula is C19H14BrFN2O2. The zero-order valence-corrected chi connectivity index (χ0v) is 14.7. The van der Waals surface area contributed by atoms with Crippen molar-refractivity contribution in [2.45, 2.75) is 6.61 Å². The van der Waals surface area contributed by atoms with Crippen LogP contribution in [0.1, 0.15) is 16.1 Å². The molecule has 25 heavy (non-hydrogen) atoms. The molecule has 2 N–H and O–H groups in total. The molecule has 1 amide bonds. The molecule has 0 aliphatic rings. The topological polar surface area (TPSA) is 65.2 Å². The number of primary amides is 1. The monoisotopic (exact) mass is 400 g/mol. The molecule has 0 atom stereocenters. The van der Waals surface area contributed by atoms with E-state index in [1.54, 1.807) is 18.2 Å². The highest BCUT2D eigenvalue weighted by Crippen LogP contribution is 2.31. The summed E-state index contributed by atoms with van der Waals surface area (Å²) in [5.74, 6) is -0.497. The third-order valence-corrected chi connectivity index (χ3v) is 4.05. The third kappa shape index (κ3) is 4.22. The van der Waals surface area contributed by atoms with E-state index in [9.17, 15) is 9.18 Å². The second-order valence-corrected chi connectivity index (χ2v) is 6.27. The number of nitrogens with two attached hydrogens (primary N) is 1. The van der Waals surface area contributed by atoms with Crippen LogP contribution in [0.25, 0.3) is 11.1 Å². The number of amides is 1. The zero-order chi connectivity index (χ0) is 17.8. The number of benzene rings is 2. The highest BCUT2D eigenvalue weighted by molar-refractivity contribution is 9.10. The molecular weight excluding hydrogens is 387 g/mol. The van der Waals surface area contributed by atoms with Crippen LogP contribution < -0.4 is 10.5 Å². The molecule has 4 nitrogen and oxygen atoms in total. The molecule has 1 heterocycles. The lowest BCUT2D eigenvalue weighted by Crippen LogP contribution is -2.13. The number of nitrogens with zero attached hydrogens (tertiary/aromatic N) is 1. The largest absolute Gasteiger partial charge is 0.487 e. The molecule has 0 fully saturated rings. The second-order valence-electron chi connectivity index (χ2n) is 5.36. The summed E-state index contributed by atoms with van der Waals surface area (Å²) in [7, 11) is 0. The quantitative estimate of drug-likeness (QED) is 0.692. The van der Waals surface area contributed by atoms with Crippen LogP contribution in [-0.2, 0) is 6.61 Å². The normalized spacial score (nSPS) is 10.5. The van der Waals surface area contributed by atoms with Gasteiger partial charge in [-0.15, -0.1) is 0 Å². The van der Waals surface area contributed by atoms with Crippen molar-refractivity contribution in [1.29, 1.82) is 0 Å². The molecule has 0 saturated heterocycles. The lowest BCUT2D eigenvalue weighted by atomic mass is 10.0. The second kappa shape index (κ2) is 7.44. The zero-order valence-electron chi connectivity index (χ0n) is 13.1. The van der Waals surface area contributed by atoms with E-state index < -0.39 is 5.91 Å². The standard InChI is InChI=1S/C19H14BrFN2O2/c20-14-3-1-2-12(8-14)11-25-18-10-23-17(19(22)24)9-16(18)13-4-6-15(21)7-5-13/h1-10H,11H2,(H2,22,24). The Bertz CT molecular complexity index is 914. The van der Waals surface area contributed by atoms with Crippen LogP contribution in [0.15, 0.2) is 65.3 Å². The highest BCUT2D eigenvalue weighted by Gasteiger charge is 2.12. The summed E-state index contributed by atoms with van der Waals surface area (Å²) in [5.41, 5.74) is 7.73. The maximum atomic E-state index is 13.2. The Morgan fingerprint density at radius 1 is 1.16 bits per heavy atom. The Morgan fingerprint density at radius 3 is 2.60 bits per heavy atom. The van der Waals surface area contributed by atoms with Gasteiger partial charge in [0, 0.05) is 10.0 Å². The number of aromatic nitrogens is 1. The first kappa shape index (κ1) is 17.1. The van der Waals surface area contributed by atoms with Crippen molar-refractivity contribution in [3.05, 3.63) is 82.3 Å². The molecule has 0 radical (unpaired) electrons. The van der Waals surface area contributed by atoms with Crippen molar-refractivity contribution in [2.75, 3.05) is 0 Å². The van der Waals surface area contributed by atoms with E-state index in [2.05, 4.69) is 20.9 Å². The van der Waals surface area contributed by atoms with Gasteiger partial charge in [0.1, 0.15) is 23.9 Å². The van der Waals surface area contributed by atoms with E-state index in [-0.39, 0.29) is 11.5 Å². The van der Waals surface area contributed by atoms with Gasteiger partial charge in [-0.05, 0) is 41.5 Å². The minimum Gasteiger partial charge on any atom is -0.487 e. The van der Waals surface area contributed by atoms with Crippen molar-refractivity contribution in [1.82, 2.24) is 4.98 Å². The predicted octanol–water partition coefficient (Wildman–Crippen LogP) is 4.33. The SMILES string of the molecule is NC(=O)c1cc(-c2ccc(F)cc2)c(OCc2cccc(Br)c2)cn1. The van der Waals surface area contributed by atoms with Gasteiger partial charge in [0.15, 0.2) is 0 Å².